The summed E-state index contributed by atoms with van der Waals surface area (Å²) in [5.41, 5.74) is 0.804. The Hall–Kier alpha value is -2.03. The molecule has 0 spiro atoms. The van der Waals surface area contributed by atoms with Crippen molar-refractivity contribution < 1.29 is 9.90 Å². The van der Waals surface area contributed by atoms with Crippen molar-refractivity contribution in [3.05, 3.63) is 42.0 Å². The Kier molecular flexibility index (Phi) is 7.70. The van der Waals surface area contributed by atoms with E-state index < -0.39 is 0 Å². The summed E-state index contributed by atoms with van der Waals surface area (Å²) in [5.74, 6) is 0.561. The van der Waals surface area contributed by atoms with Crippen LogP contribution < -0.4 is 5.32 Å². The van der Waals surface area contributed by atoms with E-state index in [2.05, 4.69) is 32.2 Å². The zero-order chi connectivity index (χ0) is 19.9. The number of hydrogen-bond donors (Lipinski definition) is 2. The summed E-state index contributed by atoms with van der Waals surface area (Å²) in [7, 11) is 0. The van der Waals surface area contributed by atoms with Crippen LogP contribution in [0.15, 0.2) is 36.4 Å². The van der Waals surface area contributed by atoms with Gasteiger partial charge in [0.1, 0.15) is 5.75 Å². The molecular formula is C24H35NO2. The van der Waals surface area contributed by atoms with Crippen LogP contribution in [-0.2, 0) is 11.2 Å². The van der Waals surface area contributed by atoms with E-state index in [1.807, 2.05) is 37.3 Å². The monoisotopic (exact) mass is 369 g/mol. The predicted octanol–water partition coefficient (Wildman–Crippen LogP) is 5.84. The van der Waals surface area contributed by atoms with Gasteiger partial charge in [0.05, 0.1) is 0 Å². The van der Waals surface area contributed by atoms with Crippen molar-refractivity contribution in [3.63, 3.8) is 0 Å². The third-order valence-electron chi connectivity index (χ3n) is 5.33. The molecule has 148 valence electrons. The first kappa shape index (κ1) is 21.3. The maximum Gasteiger partial charge on any atom is 0.222 e. The number of aromatic hydroxyl groups is 1. The molecule has 0 saturated heterocycles. The molecule has 3 heteroatoms. The molecule has 2 aromatic rings. The lowest BCUT2D eigenvalue weighted by Crippen LogP contribution is -2.38. The number of hydrogen-bond acceptors (Lipinski definition) is 2. The van der Waals surface area contributed by atoms with Gasteiger partial charge in [-0.25, -0.2) is 0 Å². The molecule has 27 heavy (non-hydrogen) atoms. The van der Waals surface area contributed by atoms with Gasteiger partial charge in [0.25, 0.3) is 0 Å². The molecule has 2 N–H and O–H groups in total. The largest absolute Gasteiger partial charge is 0.507 e. The van der Waals surface area contributed by atoms with Crippen LogP contribution in [0, 0.1) is 11.3 Å². The number of carbonyl (C=O) groups is 1. The lowest BCUT2D eigenvalue weighted by Gasteiger charge is -2.26. The van der Waals surface area contributed by atoms with Gasteiger partial charge in [-0.05, 0) is 29.2 Å². The second-order valence-corrected chi connectivity index (χ2v) is 8.60. The fourth-order valence-corrected chi connectivity index (χ4v) is 3.53. The standard InChI is InChI=1S/C24H35NO2/c1-5-6-7-8-11-18(2)23(27)25-17-24(3,4)16-20-15-14-19-12-9-10-13-21(19)22(20)26/h9-10,12-15,18,26H,5-8,11,16-17H2,1-4H3,(H,25,27). The SMILES string of the molecule is CCCCCCC(C)C(=O)NCC(C)(C)Cc1ccc2ccccc2c1O. The molecule has 0 fully saturated rings. The third kappa shape index (κ3) is 6.27. The van der Waals surface area contributed by atoms with Crippen molar-refractivity contribution in [3.8, 4) is 5.75 Å². The summed E-state index contributed by atoms with van der Waals surface area (Å²) in [6, 6.07) is 11.9. The van der Waals surface area contributed by atoms with Gasteiger partial charge in [0.2, 0.25) is 5.91 Å². The number of phenols is 1. The van der Waals surface area contributed by atoms with Crippen molar-refractivity contribution in [2.75, 3.05) is 6.54 Å². The molecule has 0 bridgehead atoms. The average molecular weight is 370 g/mol. The summed E-state index contributed by atoms with van der Waals surface area (Å²) < 4.78 is 0. The molecule has 0 radical (unpaired) electrons. The maximum absolute atomic E-state index is 12.4. The first-order valence-electron chi connectivity index (χ1n) is 10.3. The molecule has 0 saturated carbocycles. The second kappa shape index (κ2) is 9.77. The van der Waals surface area contributed by atoms with Crippen LogP contribution in [0.2, 0.25) is 0 Å². The lowest BCUT2D eigenvalue weighted by atomic mass is 9.84. The zero-order valence-electron chi connectivity index (χ0n) is 17.3. The van der Waals surface area contributed by atoms with Crippen molar-refractivity contribution in [2.24, 2.45) is 11.3 Å². The van der Waals surface area contributed by atoms with Crippen LogP contribution in [0.25, 0.3) is 10.8 Å². The zero-order valence-corrected chi connectivity index (χ0v) is 17.3. The number of unbranched alkanes of at least 4 members (excludes halogenated alkanes) is 3. The van der Waals surface area contributed by atoms with Crippen molar-refractivity contribution in [1.82, 2.24) is 5.32 Å². The van der Waals surface area contributed by atoms with Crippen LogP contribution >= 0.6 is 0 Å². The number of benzene rings is 2. The van der Waals surface area contributed by atoms with Gasteiger partial charge in [-0.2, -0.15) is 0 Å². The number of phenolic OH excluding ortho intramolecular Hbond substituents is 1. The van der Waals surface area contributed by atoms with Crippen LogP contribution in [0.5, 0.6) is 5.75 Å². The minimum absolute atomic E-state index is 0.0618. The molecule has 0 aromatic heterocycles. The quantitative estimate of drug-likeness (QED) is 0.517. The van der Waals surface area contributed by atoms with E-state index in [1.54, 1.807) is 0 Å². The summed E-state index contributed by atoms with van der Waals surface area (Å²) >= 11 is 0. The molecule has 1 atom stereocenters. The number of fused-ring (bicyclic) bond motifs is 1. The van der Waals surface area contributed by atoms with Crippen LogP contribution in [0.3, 0.4) is 0 Å². The Balaban J connectivity index is 1.91. The molecule has 0 aliphatic heterocycles. The molecule has 0 heterocycles. The highest BCUT2D eigenvalue weighted by Crippen LogP contribution is 2.33. The van der Waals surface area contributed by atoms with E-state index in [-0.39, 0.29) is 17.2 Å². The molecule has 2 aromatic carbocycles. The molecule has 2 rings (SSSR count). The predicted molar refractivity (Wildman–Crippen MR) is 114 cm³/mol. The van der Waals surface area contributed by atoms with Gasteiger partial charge >= 0.3 is 0 Å². The van der Waals surface area contributed by atoms with E-state index in [4.69, 9.17) is 0 Å². The van der Waals surface area contributed by atoms with Gasteiger partial charge in [-0.3, -0.25) is 4.79 Å². The topological polar surface area (TPSA) is 49.3 Å². The van der Waals surface area contributed by atoms with E-state index in [1.165, 1.54) is 19.3 Å². The van der Waals surface area contributed by atoms with Crippen LogP contribution in [0.1, 0.15) is 65.4 Å². The second-order valence-electron chi connectivity index (χ2n) is 8.60. The minimum Gasteiger partial charge on any atom is -0.507 e. The van der Waals surface area contributed by atoms with E-state index >= 15 is 0 Å². The Labute approximate surface area is 164 Å². The van der Waals surface area contributed by atoms with E-state index in [9.17, 15) is 9.90 Å². The highest BCUT2D eigenvalue weighted by atomic mass is 16.3. The first-order valence-corrected chi connectivity index (χ1v) is 10.3. The average Bonchev–Trinajstić information content (AvgIpc) is 2.65. The molecule has 1 unspecified atom stereocenters. The number of amides is 1. The van der Waals surface area contributed by atoms with Crippen LogP contribution in [0.4, 0.5) is 0 Å². The Bertz CT molecular complexity index is 751. The molecule has 0 aliphatic rings. The summed E-state index contributed by atoms with van der Waals surface area (Å²) in [5, 5.41) is 15.7. The smallest absolute Gasteiger partial charge is 0.222 e. The maximum atomic E-state index is 12.4. The highest BCUT2D eigenvalue weighted by molar-refractivity contribution is 5.89. The van der Waals surface area contributed by atoms with Gasteiger partial charge < -0.3 is 10.4 Å². The Morgan fingerprint density at radius 2 is 1.85 bits per heavy atom. The fraction of sp³-hybridized carbons (Fsp3) is 0.542. The number of carbonyl (C=O) groups excluding carboxylic acids is 1. The highest BCUT2D eigenvalue weighted by Gasteiger charge is 2.23. The summed E-state index contributed by atoms with van der Waals surface area (Å²) in [4.78, 5) is 12.4. The Morgan fingerprint density at radius 3 is 2.59 bits per heavy atom. The molecular weight excluding hydrogens is 334 g/mol. The van der Waals surface area contributed by atoms with Crippen molar-refractivity contribution in [2.45, 2.75) is 66.2 Å². The van der Waals surface area contributed by atoms with E-state index in [0.29, 0.717) is 12.3 Å². The van der Waals surface area contributed by atoms with Gasteiger partial charge in [-0.1, -0.05) is 89.8 Å². The van der Waals surface area contributed by atoms with Crippen molar-refractivity contribution in [1.29, 1.82) is 0 Å². The van der Waals surface area contributed by atoms with Gasteiger partial charge in [0, 0.05) is 17.8 Å². The summed E-state index contributed by atoms with van der Waals surface area (Å²) in [6.07, 6.45) is 6.47. The van der Waals surface area contributed by atoms with Crippen molar-refractivity contribution >= 4 is 16.7 Å². The van der Waals surface area contributed by atoms with Crippen LogP contribution in [-0.4, -0.2) is 17.6 Å². The Morgan fingerprint density at radius 1 is 1.11 bits per heavy atom. The minimum atomic E-state index is -0.127. The fourth-order valence-electron chi connectivity index (χ4n) is 3.53. The number of nitrogens with one attached hydrogen (secondary N) is 1. The number of rotatable bonds is 10. The molecule has 1 amide bonds. The van der Waals surface area contributed by atoms with E-state index in [0.717, 1.165) is 35.6 Å². The van der Waals surface area contributed by atoms with Gasteiger partial charge in [-0.15, -0.1) is 0 Å². The third-order valence-corrected chi connectivity index (χ3v) is 5.33. The lowest BCUT2D eigenvalue weighted by molar-refractivity contribution is -0.125. The first-order chi connectivity index (χ1) is 12.8. The normalized spacial score (nSPS) is 12.9. The summed E-state index contributed by atoms with van der Waals surface area (Å²) in [6.45, 7) is 9.09. The van der Waals surface area contributed by atoms with Gasteiger partial charge in [0.15, 0.2) is 0 Å². The molecule has 3 nitrogen and oxygen atoms in total. The molecule has 0 aliphatic carbocycles.